The third kappa shape index (κ3) is 2.59. The van der Waals surface area contributed by atoms with Gasteiger partial charge in [0.15, 0.2) is 0 Å². The van der Waals surface area contributed by atoms with E-state index < -0.39 is 11.4 Å². The molecule has 22 heavy (non-hydrogen) atoms. The molecule has 0 aliphatic carbocycles. The van der Waals surface area contributed by atoms with Gasteiger partial charge in [-0.25, -0.2) is 9.59 Å². The Kier molecular flexibility index (Phi) is 4.03. The van der Waals surface area contributed by atoms with Crippen LogP contribution in [0.25, 0.3) is 0 Å². The van der Waals surface area contributed by atoms with Crippen molar-refractivity contribution in [3.05, 3.63) is 65.2 Å². The van der Waals surface area contributed by atoms with Gasteiger partial charge in [0.2, 0.25) is 0 Å². The molecule has 0 N–H and O–H groups in total. The average molecular weight is 306 g/mol. The first-order valence-corrected chi connectivity index (χ1v) is 6.79. The highest BCUT2D eigenvalue weighted by Gasteiger charge is 2.09. The summed E-state index contributed by atoms with van der Waals surface area (Å²) < 4.78 is 4.89. The number of aromatic nitrogens is 4. The number of hydrogen-bond acceptors (Lipinski definition) is 4. The second kappa shape index (κ2) is 5.63. The molecule has 0 amide bonds. The molecule has 0 atom stereocenters. The van der Waals surface area contributed by atoms with Crippen LogP contribution in [-0.4, -0.2) is 18.3 Å². The zero-order valence-electron chi connectivity index (χ0n) is 13.0. The maximum Gasteiger partial charge on any atom is 0.330 e. The fraction of sp³-hybridized carbons (Fsp3) is 0.429. The number of rotatable bonds is 3. The molecule has 2 rings (SSSR count). The molecule has 0 unspecified atom stereocenters. The van der Waals surface area contributed by atoms with Gasteiger partial charge in [0.05, 0.1) is 0 Å². The molecule has 0 aliphatic rings. The summed E-state index contributed by atoms with van der Waals surface area (Å²) in [4.78, 5) is 47.3. The van der Waals surface area contributed by atoms with Gasteiger partial charge in [-0.1, -0.05) is 0 Å². The second-order valence-electron chi connectivity index (χ2n) is 5.23. The summed E-state index contributed by atoms with van der Waals surface area (Å²) in [5.74, 6) is 0. The molecule has 2 aromatic heterocycles. The largest absolute Gasteiger partial charge is 0.330 e. The molecule has 0 saturated heterocycles. The molecule has 0 fully saturated rings. The lowest BCUT2D eigenvalue weighted by Crippen LogP contribution is -2.42. The smallest absolute Gasteiger partial charge is 0.296 e. The van der Waals surface area contributed by atoms with E-state index in [0.29, 0.717) is 11.4 Å². The minimum absolute atomic E-state index is 0.234. The van der Waals surface area contributed by atoms with Crippen LogP contribution in [0.2, 0.25) is 0 Å². The third-order valence-corrected chi connectivity index (χ3v) is 3.76. The normalized spacial score (nSPS) is 10.9. The van der Waals surface area contributed by atoms with E-state index in [2.05, 4.69) is 0 Å². The summed E-state index contributed by atoms with van der Waals surface area (Å²) in [6.07, 6.45) is 0. The topological polar surface area (TPSA) is 88.0 Å². The van der Waals surface area contributed by atoms with E-state index in [1.54, 1.807) is 13.8 Å². The highest BCUT2D eigenvalue weighted by Crippen LogP contribution is 1.95. The van der Waals surface area contributed by atoms with Crippen molar-refractivity contribution in [3.63, 3.8) is 0 Å². The van der Waals surface area contributed by atoms with Crippen LogP contribution in [0.15, 0.2) is 31.3 Å². The Labute approximate surface area is 125 Å². The molecule has 8 nitrogen and oxygen atoms in total. The Bertz CT molecular complexity index is 879. The van der Waals surface area contributed by atoms with Crippen LogP contribution in [0, 0.1) is 13.8 Å². The second-order valence-corrected chi connectivity index (χ2v) is 5.23. The van der Waals surface area contributed by atoms with E-state index in [1.807, 2.05) is 0 Å². The van der Waals surface area contributed by atoms with Crippen LogP contribution in [-0.2, 0) is 27.2 Å². The van der Waals surface area contributed by atoms with Gasteiger partial charge < -0.3 is 0 Å². The summed E-state index contributed by atoms with van der Waals surface area (Å²) in [6, 6.07) is 2.75. The van der Waals surface area contributed by atoms with Crippen molar-refractivity contribution in [2.75, 3.05) is 0 Å². The van der Waals surface area contributed by atoms with Gasteiger partial charge in [-0.05, 0) is 13.8 Å². The van der Waals surface area contributed by atoms with Crippen LogP contribution in [0.1, 0.15) is 11.4 Å². The van der Waals surface area contributed by atoms with Gasteiger partial charge in [0.25, 0.3) is 11.1 Å². The molecule has 0 radical (unpaired) electrons. The maximum absolute atomic E-state index is 12.1. The fourth-order valence-corrected chi connectivity index (χ4v) is 2.30. The zero-order valence-corrected chi connectivity index (χ0v) is 13.0. The van der Waals surface area contributed by atoms with Crippen molar-refractivity contribution in [1.29, 1.82) is 0 Å². The minimum atomic E-state index is -0.430. The van der Waals surface area contributed by atoms with Crippen LogP contribution in [0.4, 0.5) is 0 Å². The summed E-state index contributed by atoms with van der Waals surface area (Å²) >= 11 is 0. The van der Waals surface area contributed by atoms with E-state index in [0.717, 1.165) is 9.13 Å². The van der Waals surface area contributed by atoms with Crippen LogP contribution in [0.3, 0.4) is 0 Å². The van der Waals surface area contributed by atoms with Crippen LogP contribution >= 0.6 is 0 Å². The zero-order chi connectivity index (χ0) is 16.6. The Morgan fingerprint density at radius 2 is 1.05 bits per heavy atom. The van der Waals surface area contributed by atoms with E-state index >= 15 is 0 Å². The Balaban J connectivity index is 2.45. The highest BCUT2D eigenvalue weighted by atomic mass is 16.2. The first kappa shape index (κ1) is 15.7. The molecule has 118 valence electrons. The van der Waals surface area contributed by atoms with Crippen molar-refractivity contribution < 1.29 is 0 Å². The van der Waals surface area contributed by atoms with E-state index in [1.165, 1.54) is 35.4 Å². The van der Waals surface area contributed by atoms with Crippen LogP contribution in [0.5, 0.6) is 0 Å². The van der Waals surface area contributed by atoms with E-state index in [-0.39, 0.29) is 24.2 Å². The third-order valence-electron chi connectivity index (χ3n) is 3.76. The SMILES string of the molecule is Cc1cc(=O)n(C)c(=O)n1CCn1c(C)cc(=O)n(C)c1=O. The summed E-state index contributed by atoms with van der Waals surface area (Å²) in [5, 5.41) is 0. The average Bonchev–Trinajstić information content (AvgIpc) is 2.45. The Morgan fingerprint density at radius 1 is 0.727 bits per heavy atom. The van der Waals surface area contributed by atoms with Crippen molar-refractivity contribution in [1.82, 2.24) is 18.3 Å². The van der Waals surface area contributed by atoms with Gasteiger partial charge in [0.1, 0.15) is 0 Å². The molecule has 8 heteroatoms. The first-order valence-electron chi connectivity index (χ1n) is 6.79. The van der Waals surface area contributed by atoms with Crippen molar-refractivity contribution >= 4 is 0 Å². The van der Waals surface area contributed by atoms with Gasteiger partial charge in [-0.15, -0.1) is 0 Å². The maximum atomic E-state index is 12.1. The molecule has 2 heterocycles. The predicted octanol–water partition coefficient (Wildman–Crippen LogP) is -1.28. The Morgan fingerprint density at radius 3 is 1.36 bits per heavy atom. The van der Waals surface area contributed by atoms with Crippen molar-refractivity contribution in [3.8, 4) is 0 Å². The molecule has 0 aromatic carbocycles. The number of aryl methyl sites for hydroxylation is 2. The lowest BCUT2D eigenvalue weighted by atomic mass is 10.4. The number of nitrogens with zero attached hydrogens (tertiary/aromatic N) is 4. The molecule has 0 aliphatic heterocycles. The van der Waals surface area contributed by atoms with Crippen molar-refractivity contribution in [2.24, 2.45) is 14.1 Å². The van der Waals surface area contributed by atoms with Crippen molar-refractivity contribution in [2.45, 2.75) is 26.9 Å². The summed E-state index contributed by atoms with van der Waals surface area (Å²) in [5.41, 5.74) is -0.531. The number of hydrogen-bond donors (Lipinski definition) is 0. The molecular weight excluding hydrogens is 288 g/mol. The lowest BCUT2D eigenvalue weighted by Gasteiger charge is -2.14. The summed E-state index contributed by atoms with van der Waals surface area (Å²) in [7, 11) is 2.81. The van der Waals surface area contributed by atoms with Gasteiger partial charge >= 0.3 is 11.4 Å². The molecule has 2 aromatic rings. The molecule has 0 saturated carbocycles. The van der Waals surface area contributed by atoms with E-state index in [9.17, 15) is 19.2 Å². The predicted molar refractivity (Wildman–Crippen MR) is 81.4 cm³/mol. The summed E-state index contributed by atoms with van der Waals surface area (Å²) in [6.45, 7) is 3.80. The highest BCUT2D eigenvalue weighted by molar-refractivity contribution is 5.01. The lowest BCUT2D eigenvalue weighted by molar-refractivity contribution is 0.489. The van der Waals surface area contributed by atoms with Gasteiger partial charge in [-0.2, -0.15) is 0 Å². The molecule has 0 spiro atoms. The minimum Gasteiger partial charge on any atom is -0.296 e. The first-order chi connectivity index (χ1) is 10.2. The Hall–Kier alpha value is -2.64. The monoisotopic (exact) mass is 306 g/mol. The van der Waals surface area contributed by atoms with E-state index in [4.69, 9.17) is 0 Å². The van der Waals surface area contributed by atoms with Crippen LogP contribution < -0.4 is 22.5 Å². The molecule has 0 bridgehead atoms. The quantitative estimate of drug-likeness (QED) is 0.707. The fourth-order valence-electron chi connectivity index (χ4n) is 2.30. The van der Waals surface area contributed by atoms with Gasteiger partial charge in [0, 0.05) is 50.7 Å². The molecular formula is C14H18N4O4. The standard InChI is InChI=1S/C14H18N4O4/c1-9-7-11(19)15(3)13(21)17(9)5-6-18-10(2)8-12(20)16(4)14(18)22/h7-8H,5-6H2,1-4H3. The van der Waals surface area contributed by atoms with Gasteiger partial charge in [-0.3, -0.25) is 27.9 Å².